The third-order valence-corrected chi connectivity index (χ3v) is 5.11. The molecule has 1 aliphatic carbocycles. The molecule has 1 N–H and O–H groups in total. The number of rotatable bonds is 2. The zero-order valence-corrected chi connectivity index (χ0v) is 12.9. The van der Waals surface area contributed by atoms with Crippen LogP contribution in [0.2, 0.25) is 0 Å². The molecule has 2 unspecified atom stereocenters. The Labute approximate surface area is 123 Å². The van der Waals surface area contributed by atoms with Gasteiger partial charge >= 0.3 is 0 Å². The first-order valence-electron chi connectivity index (χ1n) is 7.17. The summed E-state index contributed by atoms with van der Waals surface area (Å²) in [5, 5.41) is 10.7. The largest absolute Gasteiger partial charge is 0.388 e. The van der Waals surface area contributed by atoms with Gasteiger partial charge in [-0.15, -0.1) is 0 Å². The Morgan fingerprint density at radius 1 is 1.37 bits per heavy atom. The predicted molar refractivity (Wildman–Crippen MR) is 79.1 cm³/mol. The van der Waals surface area contributed by atoms with Gasteiger partial charge in [0.2, 0.25) is 0 Å². The van der Waals surface area contributed by atoms with Gasteiger partial charge in [0.25, 0.3) is 0 Å². The number of aliphatic hydroxyl groups is 1. The van der Waals surface area contributed by atoms with E-state index in [-0.39, 0.29) is 11.7 Å². The van der Waals surface area contributed by atoms with Crippen molar-refractivity contribution < 1.29 is 9.84 Å². The van der Waals surface area contributed by atoms with Crippen LogP contribution in [0, 0.1) is 12.8 Å². The number of ether oxygens (including phenoxy) is 1. The monoisotopic (exact) mass is 324 g/mol. The van der Waals surface area contributed by atoms with E-state index in [0.29, 0.717) is 5.92 Å². The quantitative estimate of drug-likeness (QED) is 0.885. The summed E-state index contributed by atoms with van der Waals surface area (Å²) in [6.45, 7) is 2.87. The maximum absolute atomic E-state index is 10.7. The van der Waals surface area contributed by atoms with Crippen molar-refractivity contribution in [3.63, 3.8) is 0 Å². The van der Waals surface area contributed by atoms with Crippen LogP contribution in [0.3, 0.4) is 0 Å². The third-order valence-electron chi connectivity index (χ3n) is 4.65. The van der Waals surface area contributed by atoms with Gasteiger partial charge in [0.05, 0.1) is 11.7 Å². The summed E-state index contributed by atoms with van der Waals surface area (Å²) < 4.78 is 6.99. The summed E-state index contributed by atoms with van der Waals surface area (Å²) in [7, 11) is 0. The van der Waals surface area contributed by atoms with Crippen LogP contribution in [0.5, 0.6) is 0 Å². The minimum atomic E-state index is -0.363. The summed E-state index contributed by atoms with van der Waals surface area (Å²) in [4.78, 5) is 0. The predicted octanol–water partition coefficient (Wildman–Crippen LogP) is 4.14. The van der Waals surface area contributed by atoms with Crippen molar-refractivity contribution in [2.24, 2.45) is 5.92 Å². The van der Waals surface area contributed by atoms with Crippen molar-refractivity contribution in [2.45, 2.75) is 50.7 Å². The van der Waals surface area contributed by atoms with Gasteiger partial charge < -0.3 is 9.84 Å². The molecule has 1 aromatic rings. The average molecular weight is 325 g/mol. The van der Waals surface area contributed by atoms with Crippen LogP contribution in [0.15, 0.2) is 22.7 Å². The molecular weight excluding hydrogens is 304 g/mol. The molecule has 3 heteroatoms. The Hall–Kier alpha value is -0.380. The zero-order chi connectivity index (χ0) is 13.5. The lowest BCUT2D eigenvalue weighted by Gasteiger charge is -2.48. The van der Waals surface area contributed by atoms with Gasteiger partial charge in [0.1, 0.15) is 0 Å². The molecule has 2 atom stereocenters. The fourth-order valence-corrected chi connectivity index (χ4v) is 4.09. The molecule has 0 aromatic heterocycles. The fourth-order valence-electron chi connectivity index (χ4n) is 3.46. The molecular formula is C16H21BrO2. The van der Waals surface area contributed by atoms with E-state index in [4.69, 9.17) is 4.74 Å². The number of benzene rings is 1. The Kier molecular flexibility index (Phi) is 3.71. The van der Waals surface area contributed by atoms with Crippen LogP contribution in [-0.2, 0) is 4.74 Å². The van der Waals surface area contributed by atoms with Crippen LogP contribution >= 0.6 is 15.9 Å². The average Bonchev–Trinajstić information content (AvgIpc) is 2.35. The van der Waals surface area contributed by atoms with Crippen LogP contribution in [0.1, 0.15) is 49.3 Å². The van der Waals surface area contributed by atoms with E-state index < -0.39 is 0 Å². The minimum Gasteiger partial charge on any atom is -0.388 e. The van der Waals surface area contributed by atoms with Crippen LogP contribution in [0.25, 0.3) is 0 Å². The Morgan fingerprint density at radius 3 is 2.79 bits per heavy atom. The Morgan fingerprint density at radius 2 is 2.16 bits per heavy atom. The molecule has 0 radical (unpaired) electrons. The van der Waals surface area contributed by atoms with Gasteiger partial charge in [-0.2, -0.15) is 0 Å². The van der Waals surface area contributed by atoms with Gasteiger partial charge in [0, 0.05) is 11.1 Å². The number of aryl methyl sites for hydroxylation is 1. The molecule has 1 saturated carbocycles. The van der Waals surface area contributed by atoms with Crippen LogP contribution in [0.4, 0.5) is 0 Å². The summed E-state index contributed by atoms with van der Waals surface area (Å²) in [6.07, 6.45) is 5.24. The number of hydrogen-bond donors (Lipinski definition) is 1. The first-order chi connectivity index (χ1) is 9.08. The molecule has 2 nitrogen and oxygen atoms in total. The van der Waals surface area contributed by atoms with E-state index in [1.165, 1.54) is 24.8 Å². The fraction of sp³-hybridized carbons (Fsp3) is 0.625. The van der Waals surface area contributed by atoms with Gasteiger partial charge in [-0.3, -0.25) is 0 Å². The first-order valence-corrected chi connectivity index (χ1v) is 7.96. The summed E-state index contributed by atoms with van der Waals surface area (Å²) in [6, 6.07) is 6.21. The highest BCUT2D eigenvalue weighted by atomic mass is 79.9. The zero-order valence-electron chi connectivity index (χ0n) is 11.4. The van der Waals surface area contributed by atoms with Crippen LogP contribution < -0.4 is 0 Å². The molecule has 2 aliphatic rings. The molecule has 1 saturated heterocycles. The summed E-state index contributed by atoms with van der Waals surface area (Å²) in [5.74, 6) is 0.336. The lowest BCUT2D eigenvalue weighted by molar-refractivity contribution is -0.157. The van der Waals surface area contributed by atoms with Gasteiger partial charge in [-0.05, 0) is 68.2 Å². The Balaban J connectivity index is 1.77. The molecule has 0 bridgehead atoms. The molecule has 3 rings (SSSR count). The van der Waals surface area contributed by atoms with Crippen LogP contribution in [-0.4, -0.2) is 17.3 Å². The molecule has 2 fully saturated rings. The van der Waals surface area contributed by atoms with E-state index >= 15 is 0 Å². The third kappa shape index (κ3) is 2.74. The first kappa shape index (κ1) is 13.6. The second-order valence-electron chi connectivity index (χ2n) is 6.14. The second kappa shape index (κ2) is 5.19. The number of hydrogen-bond acceptors (Lipinski definition) is 2. The second-order valence-corrected chi connectivity index (χ2v) is 7.06. The van der Waals surface area contributed by atoms with Crippen molar-refractivity contribution in [3.05, 3.63) is 33.8 Å². The van der Waals surface area contributed by atoms with Crippen molar-refractivity contribution in [3.8, 4) is 0 Å². The Bertz CT molecular complexity index is 448. The maximum Gasteiger partial charge on any atom is 0.0820 e. The summed E-state index contributed by atoms with van der Waals surface area (Å²) >= 11 is 3.52. The number of halogens is 1. The highest BCUT2D eigenvalue weighted by molar-refractivity contribution is 9.10. The molecule has 19 heavy (non-hydrogen) atoms. The van der Waals surface area contributed by atoms with Crippen molar-refractivity contribution in [1.29, 1.82) is 0 Å². The van der Waals surface area contributed by atoms with Gasteiger partial charge in [-0.25, -0.2) is 0 Å². The number of aliphatic hydroxyl groups excluding tert-OH is 1. The molecule has 1 aliphatic heterocycles. The van der Waals surface area contributed by atoms with E-state index in [2.05, 4.69) is 35.0 Å². The molecule has 1 aromatic carbocycles. The van der Waals surface area contributed by atoms with E-state index in [1.54, 1.807) is 0 Å². The molecule has 0 amide bonds. The highest BCUT2D eigenvalue weighted by Gasteiger charge is 2.44. The van der Waals surface area contributed by atoms with E-state index in [1.807, 2.05) is 6.07 Å². The molecule has 1 heterocycles. The molecule has 1 spiro atoms. The minimum absolute atomic E-state index is 0.102. The van der Waals surface area contributed by atoms with Crippen molar-refractivity contribution in [2.75, 3.05) is 6.61 Å². The van der Waals surface area contributed by atoms with E-state index in [9.17, 15) is 5.11 Å². The topological polar surface area (TPSA) is 29.5 Å². The van der Waals surface area contributed by atoms with Crippen molar-refractivity contribution in [1.82, 2.24) is 0 Å². The van der Waals surface area contributed by atoms with Gasteiger partial charge in [0.15, 0.2) is 0 Å². The summed E-state index contributed by atoms with van der Waals surface area (Å²) in [5.41, 5.74) is 2.33. The standard InChI is InChI=1S/C16H21BrO2/c1-11-7-13(9-14(17)8-11)15(18)12-3-6-19-16(10-12)4-2-5-16/h7-9,12,15,18H,2-6,10H2,1H3. The van der Waals surface area contributed by atoms with E-state index in [0.717, 1.165) is 29.5 Å². The maximum atomic E-state index is 10.7. The SMILES string of the molecule is Cc1cc(Br)cc(C(O)C2CCOC3(CCC3)C2)c1. The van der Waals surface area contributed by atoms with Crippen molar-refractivity contribution >= 4 is 15.9 Å². The lowest BCUT2D eigenvalue weighted by Crippen LogP contribution is -2.46. The van der Waals surface area contributed by atoms with Gasteiger partial charge in [-0.1, -0.05) is 22.0 Å². The highest BCUT2D eigenvalue weighted by Crippen LogP contribution is 2.47. The normalized spacial score (nSPS) is 27.0. The smallest absolute Gasteiger partial charge is 0.0820 e. The lowest BCUT2D eigenvalue weighted by atomic mass is 9.70. The molecule has 104 valence electrons.